The molecule has 0 fully saturated rings. The number of hydrogen-bond acceptors (Lipinski definition) is 2. The Morgan fingerprint density at radius 3 is 2.30 bits per heavy atom. The number of likely N-dealkylation sites (N-methyl/N-ethyl adjacent to an activating group) is 1. The number of nitrogens with one attached hydrogen (secondary N) is 1. The Kier molecular flexibility index (Phi) is 7.86. The predicted octanol–water partition coefficient (Wildman–Crippen LogP) is 4.02. The second kappa shape index (κ2) is 9.15. The molecule has 2 unspecified atom stereocenters. The second-order valence-corrected chi connectivity index (χ2v) is 5.91. The minimum Gasteiger partial charge on any atom is -0.309 e. The molecule has 0 radical (unpaired) electrons. The van der Waals surface area contributed by atoms with Crippen LogP contribution in [0, 0.1) is 0 Å². The summed E-state index contributed by atoms with van der Waals surface area (Å²) in [5, 5.41) is 3.62. The molecule has 2 heteroatoms. The van der Waals surface area contributed by atoms with Gasteiger partial charge >= 0.3 is 0 Å². The van der Waals surface area contributed by atoms with Crippen LogP contribution in [-0.4, -0.2) is 31.1 Å². The maximum absolute atomic E-state index is 3.62. The maximum Gasteiger partial charge on any atom is 0.0292 e. The predicted molar refractivity (Wildman–Crippen MR) is 89.2 cm³/mol. The van der Waals surface area contributed by atoms with E-state index >= 15 is 0 Å². The highest BCUT2D eigenvalue weighted by Gasteiger charge is 2.08. The molecule has 0 amide bonds. The molecule has 0 aliphatic rings. The van der Waals surface area contributed by atoms with Crippen molar-refractivity contribution in [2.24, 2.45) is 0 Å². The summed E-state index contributed by atoms with van der Waals surface area (Å²) in [5.74, 6) is 0. The third-order valence-corrected chi connectivity index (χ3v) is 4.28. The summed E-state index contributed by atoms with van der Waals surface area (Å²) < 4.78 is 0. The van der Waals surface area contributed by atoms with Crippen molar-refractivity contribution in [1.29, 1.82) is 0 Å². The van der Waals surface area contributed by atoms with Gasteiger partial charge in [-0.1, -0.05) is 44.5 Å². The Labute approximate surface area is 125 Å². The summed E-state index contributed by atoms with van der Waals surface area (Å²) in [4.78, 5) is 2.42. The van der Waals surface area contributed by atoms with E-state index in [2.05, 4.69) is 69.2 Å². The lowest BCUT2D eigenvalue weighted by molar-refractivity contribution is 0.249. The first-order valence-electron chi connectivity index (χ1n) is 8.10. The highest BCUT2D eigenvalue weighted by Crippen LogP contribution is 2.14. The van der Waals surface area contributed by atoms with Crippen LogP contribution in [-0.2, 0) is 6.42 Å². The van der Waals surface area contributed by atoms with E-state index in [4.69, 9.17) is 0 Å². The van der Waals surface area contributed by atoms with E-state index in [0.717, 1.165) is 13.1 Å². The van der Waals surface area contributed by atoms with E-state index in [-0.39, 0.29) is 0 Å². The average Bonchev–Trinajstić information content (AvgIpc) is 2.47. The Hall–Kier alpha value is -0.860. The van der Waals surface area contributed by atoms with E-state index in [9.17, 15) is 0 Å². The van der Waals surface area contributed by atoms with Crippen molar-refractivity contribution in [1.82, 2.24) is 10.2 Å². The monoisotopic (exact) mass is 276 g/mol. The molecule has 0 spiro atoms. The molecule has 0 heterocycles. The minimum absolute atomic E-state index is 0.427. The molecule has 1 N–H and O–H groups in total. The van der Waals surface area contributed by atoms with Gasteiger partial charge in [0.15, 0.2) is 0 Å². The molecule has 0 aliphatic carbocycles. The molecular formula is C18H32N2. The van der Waals surface area contributed by atoms with Crippen molar-refractivity contribution in [2.75, 3.05) is 20.1 Å². The summed E-state index contributed by atoms with van der Waals surface area (Å²) in [6.45, 7) is 11.2. The standard InChI is InChI=1S/C18H32N2/c1-6-8-17-9-11-18(12-10-17)16(4)19-13-14-20(5)15(3)7-2/h9-12,15-16,19H,6-8,13-14H2,1-5H3. The summed E-state index contributed by atoms with van der Waals surface area (Å²) in [6, 6.07) is 10.2. The van der Waals surface area contributed by atoms with Crippen LogP contribution in [0.2, 0.25) is 0 Å². The van der Waals surface area contributed by atoms with Gasteiger partial charge in [0.1, 0.15) is 0 Å². The minimum atomic E-state index is 0.427. The molecule has 1 rings (SSSR count). The van der Waals surface area contributed by atoms with Crippen LogP contribution in [0.5, 0.6) is 0 Å². The third kappa shape index (κ3) is 5.64. The quantitative estimate of drug-likeness (QED) is 0.733. The van der Waals surface area contributed by atoms with Crippen molar-refractivity contribution < 1.29 is 0 Å². The highest BCUT2D eigenvalue weighted by molar-refractivity contribution is 5.24. The van der Waals surface area contributed by atoms with Crippen molar-refractivity contribution in [2.45, 2.75) is 59.0 Å². The van der Waals surface area contributed by atoms with Crippen LogP contribution in [0.15, 0.2) is 24.3 Å². The molecule has 20 heavy (non-hydrogen) atoms. The Morgan fingerprint density at radius 2 is 1.75 bits per heavy atom. The molecule has 0 bridgehead atoms. The van der Waals surface area contributed by atoms with Gasteiger partial charge in [-0.15, -0.1) is 0 Å². The third-order valence-electron chi connectivity index (χ3n) is 4.28. The molecule has 0 aromatic heterocycles. The van der Waals surface area contributed by atoms with Crippen LogP contribution >= 0.6 is 0 Å². The number of rotatable bonds is 9. The van der Waals surface area contributed by atoms with E-state index in [1.807, 2.05) is 0 Å². The van der Waals surface area contributed by atoms with Gasteiger partial charge in [0.05, 0.1) is 0 Å². The molecule has 1 aromatic carbocycles. The average molecular weight is 276 g/mol. The van der Waals surface area contributed by atoms with Crippen LogP contribution in [0.25, 0.3) is 0 Å². The Balaban J connectivity index is 2.37. The second-order valence-electron chi connectivity index (χ2n) is 5.91. The van der Waals surface area contributed by atoms with Crippen molar-refractivity contribution >= 4 is 0 Å². The molecule has 2 atom stereocenters. The van der Waals surface area contributed by atoms with E-state index in [1.54, 1.807) is 0 Å². The van der Waals surface area contributed by atoms with E-state index < -0.39 is 0 Å². The van der Waals surface area contributed by atoms with Crippen molar-refractivity contribution in [3.05, 3.63) is 35.4 Å². The topological polar surface area (TPSA) is 15.3 Å². The van der Waals surface area contributed by atoms with Crippen molar-refractivity contribution in [3.63, 3.8) is 0 Å². The van der Waals surface area contributed by atoms with E-state index in [1.165, 1.54) is 30.4 Å². The Morgan fingerprint density at radius 1 is 1.10 bits per heavy atom. The molecule has 0 aliphatic heterocycles. The van der Waals surface area contributed by atoms with Gasteiger partial charge in [0.2, 0.25) is 0 Å². The molecular weight excluding hydrogens is 244 g/mol. The first-order valence-corrected chi connectivity index (χ1v) is 8.10. The zero-order chi connectivity index (χ0) is 15.0. The fourth-order valence-corrected chi connectivity index (χ4v) is 2.37. The van der Waals surface area contributed by atoms with E-state index in [0.29, 0.717) is 12.1 Å². The van der Waals surface area contributed by atoms with Crippen LogP contribution in [0.1, 0.15) is 57.7 Å². The van der Waals surface area contributed by atoms with Crippen LogP contribution < -0.4 is 5.32 Å². The number of aryl methyl sites for hydroxylation is 1. The fraction of sp³-hybridized carbons (Fsp3) is 0.667. The van der Waals surface area contributed by atoms with Gasteiger partial charge in [0, 0.05) is 25.2 Å². The lowest BCUT2D eigenvalue weighted by atomic mass is 10.0. The van der Waals surface area contributed by atoms with Gasteiger partial charge in [-0.25, -0.2) is 0 Å². The summed E-state index contributed by atoms with van der Waals surface area (Å²) in [6.07, 6.45) is 3.61. The largest absolute Gasteiger partial charge is 0.309 e. The molecule has 114 valence electrons. The maximum atomic E-state index is 3.62. The first-order chi connectivity index (χ1) is 9.58. The fourth-order valence-electron chi connectivity index (χ4n) is 2.37. The summed E-state index contributed by atoms with van der Waals surface area (Å²) >= 11 is 0. The Bertz CT molecular complexity index is 358. The SMILES string of the molecule is CCCc1ccc(C(C)NCCN(C)C(C)CC)cc1. The van der Waals surface area contributed by atoms with Gasteiger partial charge in [-0.3, -0.25) is 0 Å². The normalized spacial score (nSPS) is 14.5. The van der Waals surface area contributed by atoms with Gasteiger partial charge in [-0.2, -0.15) is 0 Å². The molecule has 2 nitrogen and oxygen atoms in total. The molecule has 0 saturated heterocycles. The lowest BCUT2D eigenvalue weighted by Gasteiger charge is -2.24. The molecule has 1 aromatic rings. The molecule has 0 saturated carbocycles. The number of hydrogen-bond donors (Lipinski definition) is 1. The first kappa shape index (κ1) is 17.2. The highest BCUT2D eigenvalue weighted by atomic mass is 15.1. The van der Waals surface area contributed by atoms with Crippen molar-refractivity contribution in [3.8, 4) is 0 Å². The van der Waals surface area contributed by atoms with Crippen LogP contribution in [0.3, 0.4) is 0 Å². The van der Waals surface area contributed by atoms with Gasteiger partial charge in [0.25, 0.3) is 0 Å². The summed E-state index contributed by atoms with van der Waals surface area (Å²) in [7, 11) is 2.21. The van der Waals surface area contributed by atoms with Gasteiger partial charge in [-0.05, 0) is 44.9 Å². The smallest absolute Gasteiger partial charge is 0.0292 e. The summed E-state index contributed by atoms with van der Waals surface area (Å²) in [5.41, 5.74) is 2.83. The lowest BCUT2D eigenvalue weighted by Crippen LogP contribution is -2.35. The zero-order valence-electron chi connectivity index (χ0n) is 13.9. The van der Waals surface area contributed by atoms with Crippen LogP contribution in [0.4, 0.5) is 0 Å². The number of benzene rings is 1. The zero-order valence-corrected chi connectivity index (χ0v) is 13.9. The van der Waals surface area contributed by atoms with Gasteiger partial charge < -0.3 is 10.2 Å². The number of nitrogens with zero attached hydrogens (tertiary/aromatic N) is 1.